The highest BCUT2D eigenvalue weighted by molar-refractivity contribution is 5.95. The van der Waals surface area contributed by atoms with E-state index in [0.29, 0.717) is 0 Å². The van der Waals surface area contributed by atoms with Crippen molar-refractivity contribution in [2.75, 3.05) is 13.7 Å². The molecule has 1 heterocycles. The van der Waals surface area contributed by atoms with Crippen LogP contribution >= 0.6 is 0 Å². The molecule has 1 aromatic carbocycles. The maximum Gasteiger partial charge on any atom is 0.471 e. The minimum absolute atomic E-state index is 0.00759. The average Bonchev–Trinajstić information content (AvgIpc) is 3.01. The van der Waals surface area contributed by atoms with Gasteiger partial charge in [-0.05, 0) is 12.1 Å². The van der Waals surface area contributed by atoms with Gasteiger partial charge in [-0.3, -0.25) is 4.79 Å². The fourth-order valence-electron chi connectivity index (χ4n) is 1.64. The molecule has 0 saturated carbocycles. The maximum atomic E-state index is 14.0. The molecule has 0 radical (unpaired) electrons. The SMILES string of the molecule is CO/N=C/CNC(=O)c1ccc(-c2noc(C(F)(F)F)n2)cc1F. The molecule has 24 heavy (non-hydrogen) atoms. The molecule has 0 atom stereocenters. The molecule has 128 valence electrons. The summed E-state index contributed by atoms with van der Waals surface area (Å²) in [6.45, 7) is 0.00759. The van der Waals surface area contributed by atoms with Crippen LogP contribution < -0.4 is 5.32 Å². The molecule has 0 fully saturated rings. The second-order valence-electron chi connectivity index (χ2n) is 4.30. The van der Waals surface area contributed by atoms with Gasteiger partial charge in [0, 0.05) is 5.56 Å². The molecule has 2 rings (SSSR count). The number of oxime groups is 1. The maximum absolute atomic E-state index is 14.0. The van der Waals surface area contributed by atoms with Gasteiger partial charge in [0.15, 0.2) is 0 Å². The Bertz CT molecular complexity index is 758. The van der Waals surface area contributed by atoms with Gasteiger partial charge >= 0.3 is 12.1 Å². The molecular formula is C13H10F4N4O3. The number of nitrogens with one attached hydrogen (secondary N) is 1. The normalized spacial score (nSPS) is 11.7. The van der Waals surface area contributed by atoms with E-state index in [1.54, 1.807) is 0 Å². The molecule has 0 aliphatic carbocycles. The molecule has 0 bridgehead atoms. The molecule has 0 aliphatic heterocycles. The fourth-order valence-corrected chi connectivity index (χ4v) is 1.64. The summed E-state index contributed by atoms with van der Waals surface area (Å²) < 4.78 is 55.2. The smallest absolute Gasteiger partial charge is 0.399 e. The summed E-state index contributed by atoms with van der Waals surface area (Å²) in [5.41, 5.74) is -0.367. The first-order valence-electron chi connectivity index (χ1n) is 6.37. The highest BCUT2D eigenvalue weighted by atomic mass is 19.4. The number of amides is 1. The Balaban J connectivity index is 2.16. The van der Waals surface area contributed by atoms with E-state index in [9.17, 15) is 22.4 Å². The van der Waals surface area contributed by atoms with Gasteiger partial charge < -0.3 is 14.7 Å². The number of hydrogen-bond acceptors (Lipinski definition) is 6. The summed E-state index contributed by atoms with van der Waals surface area (Å²) in [7, 11) is 1.32. The van der Waals surface area contributed by atoms with Crippen LogP contribution in [0.5, 0.6) is 0 Å². The molecule has 11 heteroatoms. The van der Waals surface area contributed by atoms with E-state index in [4.69, 9.17) is 0 Å². The first kappa shape index (κ1) is 17.4. The van der Waals surface area contributed by atoms with E-state index in [-0.39, 0.29) is 17.7 Å². The fraction of sp³-hybridized carbons (Fsp3) is 0.231. The van der Waals surface area contributed by atoms with Gasteiger partial charge in [-0.2, -0.15) is 18.2 Å². The predicted octanol–water partition coefficient (Wildman–Crippen LogP) is 2.26. The van der Waals surface area contributed by atoms with E-state index in [1.807, 2.05) is 0 Å². The third kappa shape index (κ3) is 4.06. The van der Waals surface area contributed by atoms with Crippen molar-refractivity contribution < 1.29 is 31.7 Å². The van der Waals surface area contributed by atoms with Crippen LogP contribution in [-0.2, 0) is 11.0 Å². The zero-order valence-electron chi connectivity index (χ0n) is 12.1. The van der Waals surface area contributed by atoms with Crippen molar-refractivity contribution in [3.63, 3.8) is 0 Å². The van der Waals surface area contributed by atoms with Crippen LogP contribution in [0.3, 0.4) is 0 Å². The van der Waals surface area contributed by atoms with Gasteiger partial charge in [0.25, 0.3) is 5.91 Å². The van der Waals surface area contributed by atoms with Gasteiger partial charge in [-0.25, -0.2) is 4.39 Å². The van der Waals surface area contributed by atoms with E-state index >= 15 is 0 Å². The van der Waals surface area contributed by atoms with E-state index in [0.717, 1.165) is 12.1 Å². The van der Waals surface area contributed by atoms with Crippen molar-refractivity contribution in [2.45, 2.75) is 6.18 Å². The first-order valence-corrected chi connectivity index (χ1v) is 6.37. The monoisotopic (exact) mass is 346 g/mol. The van der Waals surface area contributed by atoms with Crippen LogP contribution in [0.15, 0.2) is 27.9 Å². The number of hydrogen-bond donors (Lipinski definition) is 1. The van der Waals surface area contributed by atoms with Crippen molar-refractivity contribution in [1.29, 1.82) is 0 Å². The Kier molecular flexibility index (Phi) is 5.11. The van der Waals surface area contributed by atoms with Crippen molar-refractivity contribution >= 4 is 12.1 Å². The lowest BCUT2D eigenvalue weighted by Crippen LogP contribution is -2.26. The van der Waals surface area contributed by atoms with Gasteiger partial charge in [-0.15, -0.1) is 0 Å². The third-order valence-corrected chi connectivity index (χ3v) is 2.67. The lowest BCUT2D eigenvalue weighted by Gasteiger charge is -2.04. The lowest BCUT2D eigenvalue weighted by atomic mass is 10.1. The molecule has 1 aromatic heterocycles. The lowest BCUT2D eigenvalue weighted by molar-refractivity contribution is -0.159. The number of aromatic nitrogens is 2. The van der Waals surface area contributed by atoms with Crippen LogP contribution in [0.2, 0.25) is 0 Å². The number of halogens is 4. The number of benzene rings is 1. The van der Waals surface area contributed by atoms with Gasteiger partial charge in [-0.1, -0.05) is 16.4 Å². The summed E-state index contributed by atoms with van der Waals surface area (Å²) in [6, 6.07) is 3.13. The summed E-state index contributed by atoms with van der Waals surface area (Å²) in [5, 5.41) is 8.87. The molecule has 1 amide bonds. The summed E-state index contributed by atoms with van der Waals surface area (Å²) in [5.74, 6) is -3.67. The second kappa shape index (κ2) is 7.06. The van der Waals surface area contributed by atoms with Crippen molar-refractivity contribution in [2.24, 2.45) is 5.16 Å². The zero-order chi connectivity index (χ0) is 17.7. The molecule has 7 nitrogen and oxygen atoms in total. The summed E-state index contributed by atoms with van der Waals surface area (Å²) >= 11 is 0. The van der Waals surface area contributed by atoms with Crippen LogP contribution in [0.25, 0.3) is 11.4 Å². The topological polar surface area (TPSA) is 89.6 Å². The second-order valence-corrected chi connectivity index (χ2v) is 4.30. The Morgan fingerprint density at radius 2 is 2.21 bits per heavy atom. The number of alkyl halides is 3. The Labute approximate surface area is 132 Å². The Hall–Kier alpha value is -2.98. The van der Waals surface area contributed by atoms with E-state index < -0.39 is 29.6 Å². The Morgan fingerprint density at radius 1 is 1.46 bits per heavy atom. The van der Waals surface area contributed by atoms with E-state index in [1.165, 1.54) is 19.4 Å². The highest BCUT2D eigenvalue weighted by Gasteiger charge is 2.38. The largest absolute Gasteiger partial charge is 0.471 e. The highest BCUT2D eigenvalue weighted by Crippen LogP contribution is 2.29. The summed E-state index contributed by atoms with van der Waals surface area (Å²) in [4.78, 5) is 19.3. The van der Waals surface area contributed by atoms with Crippen molar-refractivity contribution in [3.8, 4) is 11.4 Å². The third-order valence-electron chi connectivity index (χ3n) is 2.67. The van der Waals surface area contributed by atoms with Crippen molar-refractivity contribution in [1.82, 2.24) is 15.5 Å². The van der Waals surface area contributed by atoms with Crippen LogP contribution in [-0.4, -0.2) is 35.9 Å². The summed E-state index contributed by atoms with van der Waals surface area (Å²) in [6.07, 6.45) is -3.55. The van der Waals surface area contributed by atoms with E-state index in [2.05, 4.69) is 30.0 Å². The number of carbonyl (C=O) groups is 1. The molecule has 0 saturated heterocycles. The first-order chi connectivity index (χ1) is 11.3. The van der Waals surface area contributed by atoms with Gasteiger partial charge in [0.1, 0.15) is 12.9 Å². The molecular weight excluding hydrogens is 336 g/mol. The quantitative estimate of drug-likeness (QED) is 0.510. The van der Waals surface area contributed by atoms with Gasteiger partial charge in [0.2, 0.25) is 5.82 Å². The van der Waals surface area contributed by atoms with Crippen LogP contribution in [0, 0.1) is 5.82 Å². The minimum Gasteiger partial charge on any atom is -0.399 e. The van der Waals surface area contributed by atoms with Crippen molar-refractivity contribution in [3.05, 3.63) is 35.5 Å². The zero-order valence-corrected chi connectivity index (χ0v) is 12.1. The standard InChI is InChI=1S/C13H10F4N4O3/c1-23-19-5-4-18-11(22)8-3-2-7(6-9(8)14)10-20-12(24-21-10)13(15,16)17/h2-3,5-6H,4H2,1H3,(H,18,22)/b19-5+. The number of carbonyl (C=O) groups excluding carboxylic acids is 1. The van der Waals surface area contributed by atoms with Crippen LogP contribution in [0.4, 0.5) is 17.6 Å². The molecule has 1 N–H and O–H groups in total. The molecule has 0 spiro atoms. The number of nitrogens with zero attached hydrogens (tertiary/aromatic N) is 3. The average molecular weight is 346 g/mol. The number of rotatable bonds is 5. The molecule has 0 aliphatic rings. The molecule has 0 unspecified atom stereocenters. The molecule has 2 aromatic rings. The Morgan fingerprint density at radius 3 is 2.79 bits per heavy atom. The minimum atomic E-state index is -4.80. The van der Waals surface area contributed by atoms with Gasteiger partial charge in [0.05, 0.1) is 18.3 Å². The van der Waals surface area contributed by atoms with Crippen LogP contribution in [0.1, 0.15) is 16.2 Å². The predicted molar refractivity (Wildman–Crippen MR) is 72.5 cm³/mol.